The van der Waals surface area contributed by atoms with Crippen molar-refractivity contribution in [3.8, 4) is 0 Å². The van der Waals surface area contributed by atoms with Crippen LogP contribution >= 0.6 is 0 Å². The fraction of sp³-hybridized carbons (Fsp3) is 0.500. The number of rotatable bonds is 8. The lowest BCUT2D eigenvalue weighted by Gasteiger charge is -2.31. The largest absolute Gasteiger partial charge is 0.224 e. The van der Waals surface area contributed by atoms with Gasteiger partial charge >= 0.3 is 0 Å². The molecule has 0 fully saturated rings. The summed E-state index contributed by atoms with van der Waals surface area (Å²) in [6.07, 6.45) is 2.27. The number of benzene rings is 1. The minimum Gasteiger partial charge on any atom is -0.212 e. The van der Waals surface area contributed by atoms with Crippen molar-refractivity contribution in [2.45, 2.75) is 6.04 Å². The zero-order chi connectivity index (χ0) is 21.4. The van der Waals surface area contributed by atoms with Crippen molar-refractivity contribution in [3.05, 3.63) is 35.6 Å². The lowest BCUT2D eigenvalue weighted by molar-refractivity contribution is 0.388. The number of hydrogen-bond donors (Lipinski definition) is 0. The maximum atomic E-state index is 13.2. The van der Waals surface area contributed by atoms with Crippen molar-refractivity contribution >= 4 is 40.1 Å². The second-order valence-corrected chi connectivity index (χ2v) is 13.8. The normalized spacial score (nSPS) is 15.2. The van der Waals surface area contributed by atoms with E-state index in [9.17, 15) is 38.1 Å². The van der Waals surface area contributed by atoms with E-state index < -0.39 is 58.5 Å². The average molecular weight is 467 g/mol. The van der Waals surface area contributed by atoms with Gasteiger partial charge in [0.1, 0.15) is 5.82 Å². The van der Waals surface area contributed by atoms with E-state index in [-0.39, 0.29) is 13.0 Å². The van der Waals surface area contributed by atoms with Gasteiger partial charge in [-0.3, -0.25) is 0 Å². The molecule has 0 aromatic heterocycles. The Labute approximate surface area is 158 Å². The smallest absolute Gasteiger partial charge is 0.212 e. The van der Waals surface area contributed by atoms with Crippen LogP contribution in [-0.4, -0.2) is 72.7 Å². The fourth-order valence-corrected chi connectivity index (χ4v) is 8.41. The summed E-state index contributed by atoms with van der Waals surface area (Å²) in [5.74, 6) is -0.717. The molecule has 0 aliphatic carbocycles. The summed E-state index contributed by atoms with van der Waals surface area (Å²) in [5.41, 5.74) is -0.121. The molecule has 0 aliphatic heterocycles. The van der Waals surface area contributed by atoms with Crippen LogP contribution in [0.1, 0.15) is 11.6 Å². The zero-order valence-electron chi connectivity index (χ0n) is 14.8. The third-order valence-electron chi connectivity index (χ3n) is 3.22. The summed E-state index contributed by atoms with van der Waals surface area (Å²) in [6, 6.07) is 2.09. The number of sulfonamides is 4. The highest BCUT2D eigenvalue weighted by atomic mass is 32.3. The molecule has 0 N–H and O–H groups in total. The van der Waals surface area contributed by atoms with Crippen molar-refractivity contribution in [2.24, 2.45) is 0 Å². The van der Waals surface area contributed by atoms with Crippen LogP contribution in [0.4, 0.5) is 4.39 Å². The van der Waals surface area contributed by atoms with Crippen molar-refractivity contribution in [2.75, 3.05) is 31.6 Å². The Kier molecular flexibility index (Phi) is 6.83. The SMILES string of the molecule is CS(=O)(=O)N(C[C@H](c1ccc(F)cc1)N(S(C)(=O)=O)S(C)(=O)=O)S(C)(=O)=O. The van der Waals surface area contributed by atoms with Crippen LogP contribution in [0, 0.1) is 5.82 Å². The molecule has 0 radical (unpaired) electrons. The van der Waals surface area contributed by atoms with Gasteiger partial charge < -0.3 is 0 Å². The molecule has 10 nitrogen and oxygen atoms in total. The predicted molar refractivity (Wildman–Crippen MR) is 97.1 cm³/mol. The summed E-state index contributed by atoms with van der Waals surface area (Å²) in [6.45, 7) is -1.05. The third kappa shape index (κ3) is 6.46. The van der Waals surface area contributed by atoms with Gasteiger partial charge in [0.2, 0.25) is 40.1 Å². The lowest BCUT2D eigenvalue weighted by Crippen LogP contribution is -2.46. The Hall–Kier alpha value is -1.13. The van der Waals surface area contributed by atoms with Crippen molar-refractivity contribution in [1.29, 1.82) is 0 Å². The standard InChI is InChI=1S/C12H19FN2O8S4/c1-24(16,17)14(25(2,18)19)9-12(10-5-7-11(13)8-6-10)15(26(3,20)21)27(4,22)23/h5-8,12H,9H2,1-4H3/t12-/m1/s1. The molecule has 0 saturated carbocycles. The van der Waals surface area contributed by atoms with Gasteiger partial charge in [0, 0.05) is 0 Å². The summed E-state index contributed by atoms with van der Waals surface area (Å²) in [5, 5.41) is 0. The quantitative estimate of drug-likeness (QED) is 0.490. The summed E-state index contributed by atoms with van der Waals surface area (Å²) >= 11 is 0. The minimum absolute atomic E-state index is 0.00337. The number of hydrogen-bond acceptors (Lipinski definition) is 8. The van der Waals surface area contributed by atoms with Crippen molar-refractivity contribution in [1.82, 2.24) is 7.42 Å². The molecule has 0 saturated heterocycles. The second-order valence-electron chi connectivity index (χ2n) is 5.80. The zero-order valence-corrected chi connectivity index (χ0v) is 18.0. The van der Waals surface area contributed by atoms with Crippen LogP contribution in [0.15, 0.2) is 24.3 Å². The topological polar surface area (TPSA) is 143 Å². The first-order valence-electron chi connectivity index (χ1n) is 6.98. The highest BCUT2D eigenvalue weighted by Crippen LogP contribution is 2.29. The Morgan fingerprint density at radius 3 is 1.41 bits per heavy atom. The van der Waals surface area contributed by atoms with Gasteiger partial charge in [0.05, 0.1) is 37.6 Å². The van der Waals surface area contributed by atoms with E-state index in [1.807, 2.05) is 0 Å². The maximum Gasteiger partial charge on any atom is 0.224 e. The van der Waals surface area contributed by atoms with Crippen LogP contribution in [0.25, 0.3) is 0 Å². The average Bonchev–Trinajstić information content (AvgIpc) is 2.38. The molecule has 1 aromatic carbocycles. The third-order valence-corrected chi connectivity index (χ3v) is 10.1. The second kappa shape index (κ2) is 7.71. The van der Waals surface area contributed by atoms with Crippen LogP contribution in [0.5, 0.6) is 0 Å². The Morgan fingerprint density at radius 1 is 0.741 bits per heavy atom. The highest BCUT2D eigenvalue weighted by Gasteiger charge is 2.40. The molecule has 0 aliphatic rings. The first-order chi connectivity index (χ1) is 11.8. The van der Waals surface area contributed by atoms with E-state index in [4.69, 9.17) is 0 Å². The van der Waals surface area contributed by atoms with E-state index in [0.29, 0.717) is 25.0 Å². The molecule has 15 heteroatoms. The lowest BCUT2D eigenvalue weighted by atomic mass is 10.1. The van der Waals surface area contributed by atoms with Gasteiger partial charge in [-0.1, -0.05) is 19.6 Å². The molecule has 0 unspecified atom stereocenters. The van der Waals surface area contributed by atoms with E-state index in [0.717, 1.165) is 24.3 Å². The number of halogens is 1. The van der Waals surface area contributed by atoms with Gasteiger partial charge in [-0.15, -0.1) is 0 Å². The molecule has 1 rings (SSSR count). The molecule has 1 aromatic rings. The molecule has 156 valence electrons. The van der Waals surface area contributed by atoms with Crippen molar-refractivity contribution < 1.29 is 38.1 Å². The molecule has 27 heavy (non-hydrogen) atoms. The molecular weight excluding hydrogens is 447 g/mol. The predicted octanol–water partition coefficient (Wildman–Crippen LogP) is -0.691. The Morgan fingerprint density at radius 2 is 1.11 bits per heavy atom. The maximum absolute atomic E-state index is 13.2. The van der Waals surface area contributed by atoms with Crippen LogP contribution in [-0.2, 0) is 40.1 Å². The van der Waals surface area contributed by atoms with Gasteiger partial charge in [-0.25, -0.2) is 38.1 Å². The molecule has 1 atom stereocenters. The first-order valence-corrected chi connectivity index (χ1v) is 14.4. The molecule has 0 bridgehead atoms. The van der Waals surface area contributed by atoms with Crippen molar-refractivity contribution in [3.63, 3.8) is 0 Å². The van der Waals surface area contributed by atoms with Crippen LogP contribution in [0.3, 0.4) is 0 Å². The van der Waals surface area contributed by atoms with E-state index in [1.165, 1.54) is 0 Å². The van der Waals surface area contributed by atoms with E-state index >= 15 is 0 Å². The fourth-order valence-electron chi connectivity index (χ4n) is 2.34. The Bertz CT molecular complexity index is 1050. The van der Waals surface area contributed by atoms with Gasteiger partial charge in [0.25, 0.3) is 0 Å². The van der Waals surface area contributed by atoms with Gasteiger partial charge in [-0.05, 0) is 17.7 Å². The number of nitrogens with zero attached hydrogens (tertiary/aromatic N) is 2. The first kappa shape index (κ1) is 23.9. The summed E-state index contributed by atoms with van der Waals surface area (Å²) < 4.78 is 109. The molecule has 0 spiro atoms. The monoisotopic (exact) mass is 466 g/mol. The van der Waals surface area contributed by atoms with Crippen LogP contribution in [0.2, 0.25) is 0 Å². The molecule has 0 heterocycles. The van der Waals surface area contributed by atoms with E-state index in [2.05, 4.69) is 0 Å². The summed E-state index contributed by atoms with van der Waals surface area (Å²) in [7, 11) is -17.8. The summed E-state index contributed by atoms with van der Waals surface area (Å²) in [4.78, 5) is 0. The van der Waals surface area contributed by atoms with Crippen LogP contribution < -0.4 is 0 Å². The van der Waals surface area contributed by atoms with Gasteiger partial charge in [0.15, 0.2) is 0 Å². The molecule has 0 amide bonds. The highest BCUT2D eigenvalue weighted by molar-refractivity contribution is 8.04. The van der Waals surface area contributed by atoms with Gasteiger partial charge in [-0.2, -0.15) is 0 Å². The molecular formula is C12H19FN2O8S4. The minimum atomic E-state index is -4.48. The Balaban J connectivity index is 3.77. The van der Waals surface area contributed by atoms with E-state index in [1.54, 1.807) is 0 Å².